The lowest BCUT2D eigenvalue weighted by atomic mass is 10.1. The Hall–Kier alpha value is -0.770. The lowest BCUT2D eigenvalue weighted by molar-refractivity contribution is 0.0198. The number of nitrogens with zero attached hydrogens (tertiary/aromatic N) is 1. The average molecular weight is 268 g/mol. The van der Waals surface area contributed by atoms with Crippen LogP contribution in [-0.2, 0) is 4.74 Å². The zero-order valence-corrected chi connectivity index (χ0v) is 12.7. The second-order valence-corrected chi connectivity index (χ2v) is 6.92. The fourth-order valence-electron chi connectivity index (χ4n) is 2.76. The summed E-state index contributed by atoms with van der Waals surface area (Å²) in [6.07, 6.45) is 4.55. The topological polar surface area (TPSA) is 41.6 Å². The highest BCUT2D eigenvalue weighted by Crippen LogP contribution is 2.34. The van der Waals surface area contributed by atoms with Crippen molar-refractivity contribution in [1.82, 2.24) is 10.2 Å². The number of hydrogen-bond donors (Lipinski definition) is 1. The third-order valence-electron chi connectivity index (χ3n) is 4.04. The van der Waals surface area contributed by atoms with E-state index in [0.29, 0.717) is 6.04 Å². The molecule has 0 aromatic rings. The van der Waals surface area contributed by atoms with E-state index in [1.54, 1.807) is 0 Å². The van der Waals surface area contributed by atoms with Gasteiger partial charge in [-0.05, 0) is 46.0 Å². The predicted octanol–water partition coefficient (Wildman–Crippen LogP) is 2.77. The van der Waals surface area contributed by atoms with E-state index in [0.717, 1.165) is 37.9 Å². The molecule has 4 heteroatoms. The summed E-state index contributed by atoms with van der Waals surface area (Å²) in [6, 6.07) is 1.32. The molecule has 1 amide bonds. The van der Waals surface area contributed by atoms with Gasteiger partial charge in [0.1, 0.15) is 5.60 Å². The molecule has 2 unspecified atom stereocenters. The molecular formula is C15H28N2O2. The number of hydrogen-bond acceptors (Lipinski definition) is 3. The maximum Gasteiger partial charge on any atom is 0.410 e. The quantitative estimate of drug-likeness (QED) is 0.855. The summed E-state index contributed by atoms with van der Waals surface area (Å²) < 4.78 is 5.41. The Morgan fingerprint density at radius 3 is 2.42 bits per heavy atom. The average Bonchev–Trinajstić information content (AvgIpc) is 3.06. The Labute approximate surface area is 116 Å². The molecule has 110 valence electrons. The molecular weight excluding hydrogens is 240 g/mol. The molecule has 1 saturated heterocycles. The number of amides is 1. The standard InChI is InChI=1S/C15H28N2O2/c1-5-11-10-13(11)16-12-6-8-17(9-7-12)14(18)19-15(2,3)4/h11-13,16H,5-10H2,1-4H3. The third kappa shape index (κ3) is 4.37. The first kappa shape index (κ1) is 14.6. The summed E-state index contributed by atoms with van der Waals surface area (Å²) in [5, 5.41) is 3.72. The Kier molecular flexibility index (Phi) is 4.39. The summed E-state index contributed by atoms with van der Waals surface area (Å²) in [5.41, 5.74) is -0.394. The van der Waals surface area contributed by atoms with E-state index in [1.165, 1.54) is 12.8 Å². The number of piperidine rings is 1. The Bertz CT molecular complexity index is 317. The van der Waals surface area contributed by atoms with Crippen molar-refractivity contribution in [1.29, 1.82) is 0 Å². The van der Waals surface area contributed by atoms with Crippen molar-refractivity contribution < 1.29 is 9.53 Å². The van der Waals surface area contributed by atoms with Crippen LogP contribution < -0.4 is 5.32 Å². The minimum atomic E-state index is -0.394. The summed E-state index contributed by atoms with van der Waals surface area (Å²) in [7, 11) is 0. The molecule has 0 aromatic heterocycles. The van der Waals surface area contributed by atoms with Gasteiger partial charge in [-0.15, -0.1) is 0 Å². The minimum absolute atomic E-state index is 0.163. The fraction of sp³-hybridized carbons (Fsp3) is 0.933. The van der Waals surface area contributed by atoms with Crippen molar-refractivity contribution >= 4 is 6.09 Å². The van der Waals surface area contributed by atoms with E-state index in [-0.39, 0.29) is 6.09 Å². The maximum atomic E-state index is 11.9. The van der Waals surface area contributed by atoms with Gasteiger partial charge in [0.05, 0.1) is 0 Å². The van der Waals surface area contributed by atoms with E-state index >= 15 is 0 Å². The molecule has 2 rings (SSSR count). The molecule has 0 radical (unpaired) electrons. The molecule has 19 heavy (non-hydrogen) atoms. The second kappa shape index (κ2) is 5.70. The molecule has 1 aliphatic carbocycles. The van der Waals surface area contributed by atoms with Crippen molar-refractivity contribution in [2.45, 2.75) is 71.1 Å². The lowest BCUT2D eigenvalue weighted by Crippen LogP contribution is -2.47. The van der Waals surface area contributed by atoms with E-state index in [4.69, 9.17) is 4.74 Å². The van der Waals surface area contributed by atoms with Gasteiger partial charge in [-0.3, -0.25) is 0 Å². The van der Waals surface area contributed by atoms with Crippen molar-refractivity contribution in [3.8, 4) is 0 Å². The number of likely N-dealkylation sites (tertiary alicyclic amines) is 1. The zero-order valence-electron chi connectivity index (χ0n) is 12.7. The number of nitrogens with one attached hydrogen (secondary N) is 1. The van der Waals surface area contributed by atoms with Crippen LogP contribution in [0.25, 0.3) is 0 Å². The molecule has 0 spiro atoms. The molecule has 4 nitrogen and oxygen atoms in total. The van der Waals surface area contributed by atoms with E-state index < -0.39 is 5.60 Å². The molecule has 2 atom stereocenters. The van der Waals surface area contributed by atoms with Crippen molar-refractivity contribution in [2.24, 2.45) is 5.92 Å². The first-order valence-corrected chi connectivity index (χ1v) is 7.63. The molecule has 0 bridgehead atoms. The number of ether oxygens (including phenoxy) is 1. The SMILES string of the molecule is CCC1CC1NC1CCN(C(=O)OC(C)(C)C)CC1. The smallest absolute Gasteiger partial charge is 0.410 e. The van der Waals surface area contributed by atoms with Crippen LogP contribution in [0, 0.1) is 5.92 Å². The summed E-state index contributed by atoms with van der Waals surface area (Å²) in [5.74, 6) is 0.892. The van der Waals surface area contributed by atoms with Crippen LogP contribution in [0.3, 0.4) is 0 Å². The molecule has 1 N–H and O–H groups in total. The zero-order chi connectivity index (χ0) is 14.0. The largest absolute Gasteiger partial charge is 0.444 e. The number of carbonyl (C=O) groups excluding carboxylic acids is 1. The lowest BCUT2D eigenvalue weighted by Gasteiger charge is -2.34. The summed E-state index contributed by atoms with van der Waals surface area (Å²) in [6.45, 7) is 9.63. The van der Waals surface area contributed by atoms with Gasteiger partial charge in [-0.2, -0.15) is 0 Å². The van der Waals surface area contributed by atoms with E-state index in [1.807, 2.05) is 25.7 Å². The predicted molar refractivity (Wildman–Crippen MR) is 76.2 cm³/mol. The van der Waals surface area contributed by atoms with Crippen molar-refractivity contribution in [3.05, 3.63) is 0 Å². The molecule has 1 saturated carbocycles. The first-order valence-electron chi connectivity index (χ1n) is 7.63. The monoisotopic (exact) mass is 268 g/mol. The van der Waals surface area contributed by atoms with Gasteiger partial charge in [0, 0.05) is 25.2 Å². The minimum Gasteiger partial charge on any atom is -0.444 e. The van der Waals surface area contributed by atoms with Crippen LogP contribution in [0.1, 0.15) is 53.4 Å². The second-order valence-electron chi connectivity index (χ2n) is 6.92. The van der Waals surface area contributed by atoms with Crippen molar-refractivity contribution in [2.75, 3.05) is 13.1 Å². The molecule has 2 aliphatic rings. The van der Waals surface area contributed by atoms with E-state index in [9.17, 15) is 4.79 Å². The number of carbonyl (C=O) groups is 1. The van der Waals surface area contributed by atoms with Gasteiger partial charge >= 0.3 is 6.09 Å². The molecule has 0 aromatic carbocycles. The van der Waals surface area contributed by atoms with Gasteiger partial charge in [0.25, 0.3) is 0 Å². The highest BCUT2D eigenvalue weighted by Gasteiger charge is 2.37. The van der Waals surface area contributed by atoms with Crippen LogP contribution in [0.2, 0.25) is 0 Å². The van der Waals surface area contributed by atoms with Crippen LogP contribution in [0.5, 0.6) is 0 Å². The van der Waals surface area contributed by atoms with Crippen LogP contribution in [0.15, 0.2) is 0 Å². The molecule has 2 fully saturated rings. The number of rotatable bonds is 3. The Morgan fingerprint density at radius 1 is 1.32 bits per heavy atom. The van der Waals surface area contributed by atoms with Crippen molar-refractivity contribution in [3.63, 3.8) is 0 Å². The van der Waals surface area contributed by atoms with Gasteiger partial charge < -0.3 is 15.0 Å². The van der Waals surface area contributed by atoms with Gasteiger partial charge in [-0.1, -0.05) is 13.3 Å². The highest BCUT2D eigenvalue weighted by molar-refractivity contribution is 5.68. The van der Waals surface area contributed by atoms with Crippen LogP contribution in [-0.4, -0.2) is 41.8 Å². The molecule has 1 heterocycles. The fourth-order valence-corrected chi connectivity index (χ4v) is 2.76. The normalized spacial score (nSPS) is 28.3. The van der Waals surface area contributed by atoms with Gasteiger partial charge in [0.15, 0.2) is 0 Å². The third-order valence-corrected chi connectivity index (χ3v) is 4.04. The Morgan fingerprint density at radius 2 is 1.95 bits per heavy atom. The summed E-state index contributed by atoms with van der Waals surface area (Å²) >= 11 is 0. The van der Waals surface area contributed by atoms with Gasteiger partial charge in [0.2, 0.25) is 0 Å². The van der Waals surface area contributed by atoms with Crippen LogP contribution >= 0.6 is 0 Å². The molecule has 1 aliphatic heterocycles. The van der Waals surface area contributed by atoms with Crippen LogP contribution in [0.4, 0.5) is 4.79 Å². The maximum absolute atomic E-state index is 11.9. The first-order chi connectivity index (χ1) is 8.89. The van der Waals surface area contributed by atoms with E-state index in [2.05, 4.69) is 12.2 Å². The van der Waals surface area contributed by atoms with Gasteiger partial charge in [-0.25, -0.2) is 4.79 Å². The Balaban J connectivity index is 1.69. The highest BCUT2D eigenvalue weighted by atomic mass is 16.6. The summed E-state index contributed by atoms with van der Waals surface area (Å²) in [4.78, 5) is 13.8.